The van der Waals surface area contributed by atoms with Gasteiger partial charge in [0.1, 0.15) is 0 Å². The molecule has 0 radical (unpaired) electrons. The normalized spacial score (nSPS) is 11.0. The average Bonchev–Trinajstić information content (AvgIpc) is 2.60. The summed E-state index contributed by atoms with van der Waals surface area (Å²) in [6, 6.07) is 19.3. The van der Waals surface area contributed by atoms with Gasteiger partial charge in [-0.05, 0) is 55.0 Å². The molecule has 3 N–H and O–H groups in total. The fourth-order valence-electron chi connectivity index (χ4n) is 2.86. The van der Waals surface area contributed by atoms with Crippen molar-refractivity contribution in [1.29, 1.82) is 0 Å². The van der Waals surface area contributed by atoms with E-state index < -0.39 is 0 Å². The largest absolute Gasteiger partial charge is 0.399 e. The summed E-state index contributed by atoms with van der Waals surface area (Å²) in [6.07, 6.45) is 0. The molecule has 0 bridgehead atoms. The van der Waals surface area contributed by atoms with Gasteiger partial charge in [0.05, 0.1) is 11.1 Å². The Morgan fingerprint density at radius 2 is 1.71 bits per heavy atom. The smallest absolute Gasteiger partial charge is 0.197 e. The molecule has 4 aromatic rings. The van der Waals surface area contributed by atoms with Crippen molar-refractivity contribution in [2.24, 2.45) is 0 Å². The van der Waals surface area contributed by atoms with E-state index in [1.54, 1.807) is 11.3 Å². The Labute approximate surface area is 143 Å². The summed E-state index contributed by atoms with van der Waals surface area (Å²) in [5, 5.41) is 4.87. The number of aryl methyl sites for hydroxylation is 1. The molecule has 0 saturated carbocycles. The highest BCUT2D eigenvalue weighted by Gasteiger charge is 2.12. The zero-order chi connectivity index (χ0) is 16.7. The van der Waals surface area contributed by atoms with Gasteiger partial charge in [-0.25, -0.2) is 0 Å². The number of hydrogen-bond donors (Lipinski definition) is 2. The molecule has 0 spiro atoms. The molecule has 24 heavy (non-hydrogen) atoms. The lowest BCUT2D eigenvalue weighted by atomic mass is 10.1. The Balaban J connectivity index is 1.99. The minimum absolute atomic E-state index is 0.0704. The maximum atomic E-state index is 13.1. The van der Waals surface area contributed by atoms with E-state index in [1.807, 2.05) is 67.6 Å². The van der Waals surface area contributed by atoms with Crippen molar-refractivity contribution < 1.29 is 0 Å². The van der Waals surface area contributed by atoms with E-state index in [1.165, 1.54) is 0 Å². The highest BCUT2D eigenvalue weighted by atomic mass is 32.1. The van der Waals surface area contributed by atoms with Gasteiger partial charge in [0, 0.05) is 26.2 Å². The van der Waals surface area contributed by atoms with E-state index in [-0.39, 0.29) is 5.43 Å². The summed E-state index contributed by atoms with van der Waals surface area (Å²) < 4.78 is 2.04. The van der Waals surface area contributed by atoms with Gasteiger partial charge in [-0.2, -0.15) is 0 Å². The van der Waals surface area contributed by atoms with Crippen molar-refractivity contribution in [2.75, 3.05) is 11.1 Å². The van der Waals surface area contributed by atoms with Crippen molar-refractivity contribution in [3.05, 3.63) is 76.5 Å². The summed E-state index contributed by atoms with van der Waals surface area (Å²) in [4.78, 5) is 13.1. The number of nitrogens with one attached hydrogen (secondary N) is 1. The number of nitrogen functional groups attached to an aromatic ring is 1. The molecule has 4 heteroatoms. The van der Waals surface area contributed by atoms with Gasteiger partial charge in [-0.3, -0.25) is 4.79 Å². The van der Waals surface area contributed by atoms with Crippen LogP contribution in [0.2, 0.25) is 0 Å². The third kappa shape index (κ3) is 2.41. The van der Waals surface area contributed by atoms with E-state index in [0.717, 1.165) is 37.1 Å². The predicted molar refractivity (Wildman–Crippen MR) is 104 cm³/mol. The van der Waals surface area contributed by atoms with E-state index in [0.29, 0.717) is 5.69 Å². The molecule has 118 valence electrons. The SMILES string of the molecule is Cc1ccc(Nc2ccc(N)cc2)c2c(=O)c3ccccc3sc12. The number of fused-ring (bicyclic) bond motifs is 2. The lowest BCUT2D eigenvalue weighted by Gasteiger charge is -2.12. The van der Waals surface area contributed by atoms with Crippen LogP contribution in [0.4, 0.5) is 17.1 Å². The van der Waals surface area contributed by atoms with Crippen molar-refractivity contribution >= 4 is 48.6 Å². The molecular weight excluding hydrogens is 316 g/mol. The van der Waals surface area contributed by atoms with Crippen molar-refractivity contribution in [3.63, 3.8) is 0 Å². The highest BCUT2D eigenvalue weighted by Crippen LogP contribution is 2.33. The van der Waals surface area contributed by atoms with Crippen molar-refractivity contribution in [1.82, 2.24) is 0 Å². The summed E-state index contributed by atoms with van der Waals surface area (Å²) in [5.74, 6) is 0. The molecule has 0 aliphatic carbocycles. The van der Waals surface area contributed by atoms with Crippen LogP contribution in [0.3, 0.4) is 0 Å². The van der Waals surface area contributed by atoms with Crippen LogP contribution in [-0.4, -0.2) is 0 Å². The molecule has 3 nitrogen and oxygen atoms in total. The molecule has 0 aliphatic heterocycles. The Bertz CT molecular complexity index is 1110. The molecule has 0 amide bonds. The Morgan fingerprint density at radius 3 is 2.50 bits per heavy atom. The van der Waals surface area contributed by atoms with Gasteiger partial charge in [-0.15, -0.1) is 11.3 Å². The average molecular weight is 332 g/mol. The second-order valence-electron chi connectivity index (χ2n) is 5.81. The lowest BCUT2D eigenvalue weighted by molar-refractivity contribution is 1.52. The third-order valence-electron chi connectivity index (χ3n) is 4.12. The Hall–Kier alpha value is -2.85. The fourth-order valence-corrected chi connectivity index (χ4v) is 4.03. The maximum absolute atomic E-state index is 13.1. The monoisotopic (exact) mass is 332 g/mol. The van der Waals surface area contributed by atoms with Crippen LogP contribution in [0.15, 0.2) is 65.5 Å². The first-order chi connectivity index (χ1) is 11.6. The molecule has 1 aromatic heterocycles. The lowest BCUT2D eigenvalue weighted by Crippen LogP contribution is -2.05. The standard InChI is InChI=1S/C20H16N2OS/c1-12-6-11-16(22-14-9-7-13(21)8-10-14)18-19(23)15-4-2-3-5-17(15)24-20(12)18/h2-11,22H,21H2,1H3. The van der Waals surface area contributed by atoms with Gasteiger partial charge < -0.3 is 11.1 Å². The molecule has 4 rings (SSSR count). The second-order valence-corrected chi connectivity index (χ2v) is 6.86. The number of rotatable bonds is 2. The first-order valence-corrected chi connectivity index (χ1v) is 8.53. The molecular formula is C20H16N2OS. The highest BCUT2D eigenvalue weighted by molar-refractivity contribution is 7.24. The van der Waals surface area contributed by atoms with Gasteiger partial charge in [0.2, 0.25) is 0 Å². The summed E-state index contributed by atoms with van der Waals surface area (Å²) in [6.45, 7) is 2.04. The van der Waals surface area contributed by atoms with Crippen LogP contribution >= 0.6 is 11.3 Å². The minimum Gasteiger partial charge on any atom is -0.399 e. The van der Waals surface area contributed by atoms with Gasteiger partial charge in [0.25, 0.3) is 0 Å². The van der Waals surface area contributed by atoms with Gasteiger partial charge in [-0.1, -0.05) is 18.2 Å². The zero-order valence-corrected chi connectivity index (χ0v) is 14.0. The molecule has 0 atom stereocenters. The van der Waals surface area contributed by atoms with Crippen molar-refractivity contribution in [3.8, 4) is 0 Å². The van der Waals surface area contributed by atoms with Gasteiger partial charge in [0.15, 0.2) is 5.43 Å². The summed E-state index contributed by atoms with van der Waals surface area (Å²) in [5.41, 5.74) is 9.37. The summed E-state index contributed by atoms with van der Waals surface area (Å²) in [7, 11) is 0. The predicted octanol–water partition coefficient (Wildman–Crippen LogP) is 5.05. The number of nitrogens with two attached hydrogens (primary N) is 1. The quantitative estimate of drug-likeness (QED) is 0.399. The molecule has 0 aliphatic rings. The first kappa shape index (κ1) is 14.7. The number of benzene rings is 3. The van der Waals surface area contributed by atoms with Crippen molar-refractivity contribution in [2.45, 2.75) is 6.92 Å². The topological polar surface area (TPSA) is 55.1 Å². The number of hydrogen-bond acceptors (Lipinski definition) is 4. The van der Waals surface area contributed by atoms with E-state index in [2.05, 4.69) is 5.32 Å². The van der Waals surface area contributed by atoms with Crippen LogP contribution in [0.5, 0.6) is 0 Å². The van der Waals surface area contributed by atoms with E-state index in [4.69, 9.17) is 5.73 Å². The number of anilines is 3. The first-order valence-electron chi connectivity index (χ1n) is 7.71. The Kier molecular flexibility index (Phi) is 3.47. The van der Waals surface area contributed by atoms with Gasteiger partial charge >= 0.3 is 0 Å². The van der Waals surface area contributed by atoms with Crippen LogP contribution < -0.4 is 16.5 Å². The molecule has 3 aromatic carbocycles. The summed E-state index contributed by atoms with van der Waals surface area (Å²) >= 11 is 1.66. The molecule has 1 heterocycles. The van der Waals surface area contributed by atoms with Crippen LogP contribution in [-0.2, 0) is 0 Å². The third-order valence-corrected chi connectivity index (χ3v) is 5.42. The van der Waals surface area contributed by atoms with Crippen LogP contribution in [0.25, 0.3) is 20.2 Å². The van der Waals surface area contributed by atoms with Crippen LogP contribution in [0.1, 0.15) is 5.56 Å². The Morgan fingerprint density at radius 1 is 0.958 bits per heavy atom. The molecule has 0 fully saturated rings. The molecule has 0 saturated heterocycles. The van der Waals surface area contributed by atoms with E-state index >= 15 is 0 Å². The second kappa shape index (κ2) is 5.65. The van der Waals surface area contributed by atoms with Crippen LogP contribution in [0, 0.1) is 6.92 Å². The zero-order valence-electron chi connectivity index (χ0n) is 13.2. The van der Waals surface area contributed by atoms with E-state index in [9.17, 15) is 4.79 Å². The fraction of sp³-hybridized carbons (Fsp3) is 0.0500. The maximum Gasteiger partial charge on any atom is 0.197 e. The minimum atomic E-state index is 0.0704. The molecule has 0 unspecified atom stereocenters.